The van der Waals surface area contributed by atoms with Gasteiger partial charge in [0.05, 0.1) is 25.9 Å². The number of fused-ring (bicyclic) bond motifs is 1. The van der Waals surface area contributed by atoms with Gasteiger partial charge in [-0.25, -0.2) is 9.59 Å². The number of rotatable bonds is 8. The molecule has 0 aromatic heterocycles. The molecule has 7 heteroatoms. The van der Waals surface area contributed by atoms with Crippen LogP contribution in [0.3, 0.4) is 0 Å². The lowest BCUT2D eigenvalue weighted by molar-refractivity contribution is -0.0199. The maximum absolute atomic E-state index is 12.0. The molecule has 1 fully saturated rings. The zero-order chi connectivity index (χ0) is 27.0. The van der Waals surface area contributed by atoms with E-state index in [0.29, 0.717) is 38.2 Å². The van der Waals surface area contributed by atoms with Gasteiger partial charge in [0, 0.05) is 24.6 Å². The zero-order valence-corrected chi connectivity index (χ0v) is 21.7. The van der Waals surface area contributed by atoms with E-state index in [1.165, 1.54) is 10.3 Å². The minimum atomic E-state index is -0.917. The van der Waals surface area contributed by atoms with Crippen molar-refractivity contribution in [3.05, 3.63) is 114 Å². The Hall–Kier alpha value is -4.36. The third-order valence-electron chi connectivity index (χ3n) is 7.16. The molecule has 39 heavy (non-hydrogen) atoms. The summed E-state index contributed by atoms with van der Waals surface area (Å²) in [6, 6.07) is 31.9. The number of likely N-dealkylation sites (tertiary alicyclic amines) is 1. The van der Waals surface area contributed by atoms with Crippen LogP contribution in [0.4, 0.5) is 15.3 Å². The maximum atomic E-state index is 12.0. The lowest BCUT2D eigenvalue weighted by Gasteiger charge is -2.37. The van der Waals surface area contributed by atoms with Crippen molar-refractivity contribution in [3.63, 3.8) is 0 Å². The summed E-state index contributed by atoms with van der Waals surface area (Å²) >= 11 is 0. The van der Waals surface area contributed by atoms with Crippen molar-refractivity contribution >= 4 is 28.6 Å². The van der Waals surface area contributed by atoms with Crippen molar-refractivity contribution in [3.8, 4) is 0 Å². The Morgan fingerprint density at radius 3 is 2.36 bits per heavy atom. The lowest BCUT2D eigenvalue weighted by atomic mass is 9.86. The molecular weight excluding hydrogens is 492 g/mol. The fourth-order valence-electron chi connectivity index (χ4n) is 5.04. The van der Waals surface area contributed by atoms with Gasteiger partial charge in [-0.05, 0) is 52.1 Å². The molecule has 0 spiro atoms. The van der Waals surface area contributed by atoms with Crippen LogP contribution in [0.25, 0.3) is 10.8 Å². The Labute approximate surface area is 228 Å². The second-order valence-corrected chi connectivity index (χ2v) is 9.77. The summed E-state index contributed by atoms with van der Waals surface area (Å²) in [5.41, 5.74) is 3.93. The smallest absolute Gasteiger partial charge is 0.411 e. The van der Waals surface area contributed by atoms with E-state index < -0.39 is 12.2 Å². The second-order valence-electron chi connectivity index (χ2n) is 9.77. The Kier molecular flexibility index (Phi) is 8.39. The average Bonchev–Trinajstić information content (AvgIpc) is 2.97. The molecule has 4 aromatic rings. The number of hydrogen-bond acceptors (Lipinski definition) is 4. The van der Waals surface area contributed by atoms with Crippen LogP contribution in [-0.2, 0) is 22.5 Å². The molecule has 5 rings (SSSR count). The Balaban J connectivity index is 1.19. The summed E-state index contributed by atoms with van der Waals surface area (Å²) in [6.45, 7) is 1.49. The van der Waals surface area contributed by atoms with Crippen LogP contribution in [0.2, 0.25) is 0 Å². The van der Waals surface area contributed by atoms with Gasteiger partial charge in [0.1, 0.15) is 0 Å². The average molecular weight is 525 g/mol. The van der Waals surface area contributed by atoms with Gasteiger partial charge in [0.2, 0.25) is 0 Å². The highest BCUT2D eigenvalue weighted by atomic mass is 16.5. The Morgan fingerprint density at radius 1 is 0.872 bits per heavy atom. The normalized spacial score (nSPS) is 17.1. The van der Waals surface area contributed by atoms with Crippen LogP contribution in [0.5, 0.6) is 0 Å². The number of carbonyl (C=O) groups is 2. The molecule has 1 aliphatic rings. The van der Waals surface area contributed by atoms with E-state index in [1.54, 1.807) is 12.1 Å². The molecule has 0 saturated carbocycles. The van der Waals surface area contributed by atoms with Crippen molar-refractivity contribution in [1.29, 1.82) is 0 Å². The fraction of sp³-hybridized carbons (Fsp3) is 0.250. The van der Waals surface area contributed by atoms with E-state index in [9.17, 15) is 14.7 Å². The maximum Gasteiger partial charge on any atom is 0.411 e. The first-order valence-corrected chi connectivity index (χ1v) is 13.2. The monoisotopic (exact) mass is 524 g/mol. The van der Waals surface area contributed by atoms with Gasteiger partial charge in [-0.15, -0.1) is 0 Å². The van der Waals surface area contributed by atoms with Crippen LogP contribution >= 0.6 is 0 Å². The third-order valence-corrected chi connectivity index (χ3v) is 7.16. The van der Waals surface area contributed by atoms with E-state index in [0.717, 1.165) is 22.1 Å². The highest BCUT2D eigenvalue weighted by molar-refractivity contribution is 5.84. The van der Waals surface area contributed by atoms with Crippen molar-refractivity contribution < 1.29 is 24.2 Å². The third kappa shape index (κ3) is 6.94. The molecule has 0 radical (unpaired) electrons. The number of nitrogens with one attached hydrogen (secondary N) is 1. The molecule has 1 heterocycles. The molecule has 7 nitrogen and oxygen atoms in total. The molecule has 2 amide bonds. The number of nitrogens with zero attached hydrogens (tertiary/aromatic N) is 1. The molecule has 1 saturated heterocycles. The molecule has 0 bridgehead atoms. The standard InChI is InChI=1S/C32H32N2O5/c35-31(33-28-8-2-1-3-9-28)38-19-17-23-10-14-26(15-11-23)29-16-18-34(32(36)37)21-30(29)39-22-24-12-13-25-6-4-5-7-27(25)20-24/h1-15,20,29-30H,16-19,21-22H2,(H,33,35)(H,36,37). The highest BCUT2D eigenvalue weighted by Gasteiger charge is 2.33. The quantitative estimate of drug-likeness (QED) is 0.268. The second kappa shape index (κ2) is 12.5. The van der Waals surface area contributed by atoms with Crippen molar-refractivity contribution in [1.82, 2.24) is 4.90 Å². The number of amides is 2. The van der Waals surface area contributed by atoms with Gasteiger partial charge in [0.15, 0.2) is 0 Å². The molecule has 0 aliphatic carbocycles. The summed E-state index contributed by atoms with van der Waals surface area (Å²) < 4.78 is 11.7. The molecule has 2 atom stereocenters. The number of benzene rings is 4. The van der Waals surface area contributed by atoms with E-state index in [2.05, 4.69) is 47.8 Å². The summed E-state index contributed by atoms with van der Waals surface area (Å²) in [7, 11) is 0. The van der Waals surface area contributed by atoms with E-state index in [4.69, 9.17) is 9.47 Å². The highest BCUT2D eigenvalue weighted by Crippen LogP contribution is 2.32. The van der Waals surface area contributed by atoms with Gasteiger partial charge < -0.3 is 19.5 Å². The summed E-state index contributed by atoms with van der Waals surface area (Å²) in [4.78, 5) is 25.1. The molecule has 4 aromatic carbocycles. The van der Waals surface area contributed by atoms with E-state index >= 15 is 0 Å². The lowest BCUT2D eigenvalue weighted by Crippen LogP contribution is -2.46. The number of hydrogen-bond donors (Lipinski definition) is 2. The van der Waals surface area contributed by atoms with Gasteiger partial charge in [-0.2, -0.15) is 0 Å². The van der Waals surface area contributed by atoms with E-state index in [-0.39, 0.29) is 18.6 Å². The van der Waals surface area contributed by atoms with Gasteiger partial charge in [-0.1, -0.05) is 78.9 Å². The minimum Gasteiger partial charge on any atom is -0.465 e. The zero-order valence-electron chi connectivity index (χ0n) is 21.7. The number of carboxylic acid groups (broad SMARTS) is 1. The first-order valence-electron chi connectivity index (χ1n) is 13.2. The van der Waals surface area contributed by atoms with Crippen molar-refractivity contribution in [2.24, 2.45) is 0 Å². The molecular formula is C32H32N2O5. The molecule has 2 N–H and O–H groups in total. The largest absolute Gasteiger partial charge is 0.465 e. The van der Waals surface area contributed by atoms with Crippen LogP contribution in [0, 0.1) is 0 Å². The topological polar surface area (TPSA) is 88.1 Å². The summed E-state index contributed by atoms with van der Waals surface area (Å²) in [6.07, 6.45) is -0.357. The Morgan fingerprint density at radius 2 is 1.59 bits per heavy atom. The summed E-state index contributed by atoms with van der Waals surface area (Å²) in [5.74, 6) is 0.0861. The van der Waals surface area contributed by atoms with Gasteiger partial charge in [0.25, 0.3) is 0 Å². The van der Waals surface area contributed by atoms with Crippen LogP contribution < -0.4 is 5.32 Å². The number of anilines is 1. The SMILES string of the molecule is O=C(Nc1ccccc1)OCCc1ccc(C2CCN(C(=O)O)CC2OCc2ccc3ccccc3c2)cc1. The first kappa shape index (κ1) is 26.3. The number of ether oxygens (including phenoxy) is 2. The number of carbonyl (C=O) groups excluding carboxylic acids is 1. The van der Waals surface area contributed by atoms with Gasteiger partial charge in [-0.3, -0.25) is 5.32 Å². The number of piperidine rings is 1. The number of para-hydroxylation sites is 1. The van der Waals surface area contributed by atoms with Crippen LogP contribution in [0.1, 0.15) is 29.0 Å². The molecule has 200 valence electrons. The van der Waals surface area contributed by atoms with Gasteiger partial charge >= 0.3 is 12.2 Å². The predicted molar refractivity (Wildman–Crippen MR) is 151 cm³/mol. The van der Waals surface area contributed by atoms with Crippen LogP contribution in [-0.4, -0.2) is 48.0 Å². The summed E-state index contributed by atoms with van der Waals surface area (Å²) in [5, 5.41) is 14.6. The molecule has 1 aliphatic heterocycles. The Bertz CT molecular complexity index is 1410. The fourth-order valence-corrected chi connectivity index (χ4v) is 5.04. The minimum absolute atomic E-state index is 0.0861. The predicted octanol–water partition coefficient (Wildman–Crippen LogP) is 6.68. The first-order chi connectivity index (χ1) is 19.0. The van der Waals surface area contributed by atoms with Crippen molar-refractivity contribution in [2.45, 2.75) is 31.5 Å². The molecule has 2 unspecified atom stereocenters. The van der Waals surface area contributed by atoms with Crippen LogP contribution in [0.15, 0.2) is 97.1 Å². The van der Waals surface area contributed by atoms with Crippen molar-refractivity contribution in [2.75, 3.05) is 25.0 Å². The van der Waals surface area contributed by atoms with E-state index in [1.807, 2.05) is 42.5 Å².